The molecule has 0 bridgehead atoms. The van der Waals surface area contributed by atoms with E-state index < -0.39 is 0 Å². The molecule has 1 aromatic carbocycles. The van der Waals surface area contributed by atoms with Crippen molar-refractivity contribution in [1.29, 1.82) is 0 Å². The lowest BCUT2D eigenvalue weighted by Gasteiger charge is -2.35. The summed E-state index contributed by atoms with van der Waals surface area (Å²) >= 11 is 0. The fourth-order valence-electron chi connectivity index (χ4n) is 2.79. The molecule has 1 fully saturated rings. The molecule has 0 aromatic heterocycles. The van der Waals surface area contributed by atoms with Crippen LogP contribution in [0, 0.1) is 0 Å². The van der Waals surface area contributed by atoms with Crippen LogP contribution in [0.2, 0.25) is 0 Å². The lowest BCUT2D eigenvalue weighted by molar-refractivity contribution is 0.0852. The second-order valence-corrected chi connectivity index (χ2v) is 5.88. The first-order valence-corrected chi connectivity index (χ1v) is 7.75. The minimum absolute atomic E-state index is 0.192. The van der Waals surface area contributed by atoms with Crippen LogP contribution in [-0.2, 0) is 0 Å². The SMILES string of the molecule is CCOc1ccc(C(=O)CN2CCCC(N(C)C)C2)cc1. The number of piperidine rings is 1. The number of ether oxygens (including phenoxy) is 1. The normalized spacial score (nSPS) is 19.7. The van der Waals surface area contributed by atoms with E-state index in [1.807, 2.05) is 31.2 Å². The molecular weight excluding hydrogens is 264 g/mol. The number of ketones is 1. The molecule has 21 heavy (non-hydrogen) atoms. The van der Waals surface area contributed by atoms with Crippen molar-refractivity contribution in [2.75, 3.05) is 40.3 Å². The fraction of sp³-hybridized carbons (Fsp3) is 0.588. The van der Waals surface area contributed by atoms with E-state index in [1.54, 1.807) is 0 Å². The van der Waals surface area contributed by atoms with E-state index in [-0.39, 0.29) is 5.78 Å². The van der Waals surface area contributed by atoms with Gasteiger partial charge in [-0.05, 0) is 64.7 Å². The molecule has 1 heterocycles. The Kier molecular flexibility index (Phi) is 5.76. The summed E-state index contributed by atoms with van der Waals surface area (Å²) < 4.78 is 5.40. The van der Waals surface area contributed by atoms with Crippen molar-refractivity contribution in [3.05, 3.63) is 29.8 Å². The number of hydrogen-bond acceptors (Lipinski definition) is 4. The van der Waals surface area contributed by atoms with Crippen LogP contribution in [0.25, 0.3) is 0 Å². The van der Waals surface area contributed by atoms with Gasteiger partial charge in [0.1, 0.15) is 5.75 Å². The third-order valence-corrected chi connectivity index (χ3v) is 4.07. The highest BCUT2D eigenvalue weighted by Crippen LogP contribution is 2.16. The van der Waals surface area contributed by atoms with Crippen molar-refractivity contribution in [1.82, 2.24) is 9.80 Å². The highest BCUT2D eigenvalue weighted by atomic mass is 16.5. The zero-order valence-electron chi connectivity index (χ0n) is 13.3. The minimum atomic E-state index is 0.192. The lowest BCUT2D eigenvalue weighted by atomic mass is 10.0. The van der Waals surface area contributed by atoms with Crippen molar-refractivity contribution >= 4 is 5.78 Å². The zero-order chi connectivity index (χ0) is 15.2. The van der Waals surface area contributed by atoms with Gasteiger partial charge < -0.3 is 9.64 Å². The quantitative estimate of drug-likeness (QED) is 0.753. The Hall–Kier alpha value is -1.39. The van der Waals surface area contributed by atoms with E-state index in [9.17, 15) is 4.79 Å². The number of hydrogen-bond donors (Lipinski definition) is 0. The minimum Gasteiger partial charge on any atom is -0.494 e. The molecular formula is C17H26N2O2. The van der Waals surface area contributed by atoms with Crippen molar-refractivity contribution in [3.63, 3.8) is 0 Å². The van der Waals surface area contributed by atoms with Crippen LogP contribution in [0.15, 0.2) is 24.3 Å². The van der Waals surface area contributed by atoms with Gasteiger partial charge in [0.15, 0.2) is 5.78 Å². The van der Waals surface area contributed by atoms with Gasteiger partial charge >= 0.3 is 0 Å². The Morgan fingerprint density at radius 3 is 2.67 bits per heavy atom. The lowest BCUT2D eigenvalue weighted by Crippen LogP contribution is -2.46. The number of rotatable bonds is 6. The number of Topliss-reactive ketones (excluding diaryl/α,β-unsaturated/α-hetero) is 1. The van der Waals surface area contributed by atoms with Gasteiger partial charge in [-0.1, -0.05) is 0 Å². The molecule has 1 aliphatic rings. The van der Waals surface area contributed by atoms with Crippen LogP contribution in [0.5, 0.6) is 5.75 Å². The van der Waals surface area contributed by atoms with Crippen molar-refractivity contribution in [3.8, 4) is 5.75 Å². The van der Waals surface area contributed by atoms with Gasteiger partial charge in [-0.15, -0.1) is 0 Å². The smallest absolute Gasteiger partial charge is 0.176 e. The summed E-state index contributed by atoms with van der Waals surface area (Å²) in [5.74, 6) is 1.01. The first-order chi connectivity index (χ1) is 10.1. The molecule has 0 amide bonds. The molecule has 0 N–H and O–H groups in total. The summed E-state index contributed by atoms with van der Waals surface area (Å²) in [5, 5.41) is 0. The molecule has 1 atom stereocenters. The Morgan fingerprint density at radius 1 is 1.33 bits per heavy atom. The molecule has 1 saturated heterocycles. The Balaban J connectivity index is 1.91. The topological polar surface area (TPSA) is 32.8 Å². The molecule has 2 rings (SSSR count). The summed E-state index contributed by atoms with van der Waals surface area (Å²) in [6.07, 6.45) is 2.39. The molecule has 116 valence electrons. The molecule has 0 radical (unpaired) electrons. The predicted octanol–water partition coefficient (Wildman–Crippen LogP) is 2.29. The average molecular weight is 290 g/mol. The van der Waals surface area contributed by atoms with Gasteiger partial charge in [-0.2, -0.15) is 0 Å². The third-order valence-electron chi connectivity index (χ3n) is 4.07. The molecule has 1 unspecified atom stereocenters. The van der Waals surface area contributed by atoms with E-state index in [2.05, 4.69) is 23.9 Å². The van der Waals surface area contributed by atoms with E-state index in [0.29, 0.717) is 19.2 Å². The standard InChI is InChI=1S/C17H26N2O2/c1-4-21-16-9-7-14(8-10-16)17(20)13-19-11-5-6-15(12-19)18(2)3/h7-10,15H,4-6,11-13H2,1-3H3. The van der Waals surface area contributed by atoms with Crippen LogP contribution < -0.4 is 4.74 Å². The number of carbonyl (C=O) groups excluding carboxylic acids is 1. The Bertz CT molecular complexity index is 456. The third kappa shape index (κ3) is 4.55. The molecule has 1 aromatic rings. The molecule has 4 nitrogen and oxygen atoms in total. The van der Waals surface area contributed by atoms with Crippen LogP contribution in [0.3, 0.4) is 0 Å². The number of likely N-dealkylation sites (N-methyl/N-ethyl adjacent to an activating group) is 1. The maximum atomic E-state index is 12.4. The molecule has 4 heteroatoms. The number of carbonyl (C=O) groups is 1. The van der Waals surface area contributed by atoms with E-state index in [4.69, 9.17) is 4.74 Å². The van der Waals surface area contributed by atoms with Gasteiger partial charge in [-0.3, -0.25) is 9.69 Å². The number of nitrogens with zero attached hydrogens (tertiary/aromatic N) is 2. The van der Waals surface area contributed by atoms with Gasteiger partial charge in [-0.25, -0.2) is 0 Å². The van der Waals surface area contributed by atoms with E-state index in [1.165, 1.54) is 12.8 Å². The molecule has 1 aliphatic heterocycles. The maximum Gasteiger partial charge on any atom is 0.176 e. The Labute approximate surface area is 127 Å². The highest BCUT2D eigenvalue weighted by molar-refractivity contribution is 5.97. The summed E-state index contributed by atoms with van der Waals surface area (Å²) in [6.45, 7) is 5.12. The second kappa shape index (κ2) is 7.57. The highest BCUT2D eigenvalue weighted by Gasteiger charge is 2.23. The van der Waals surface area contributed by atoms with Crippen LogP contribution in [0.1, 0.15) is 30.1 Å². The van der Waals surface area contributed by atoms with Crippen molar-refractivity contribution < 1.29 is 9.53 Å². The maximum absolute atomic E-state index is 12.4. The van der Waals surface area contributed by atoms with Crippen LogP contribution in [0.4, 0.5) is 0 Å². The number of likely N-dealkylation sites (tertiary alicyclic amines) is 1. The fourth-order valence-corrected chi connectivity index (χ4v) is 2.79. The van der Waals surface area contributed by atoms with Gasteiger partial charge in [0.05, 0.1) is 13.2 Å². The van der Waals surface area contributed by atoms with E-state index in [0.717, 1.165) is 24.4 Å². The predicted molar refractivity (Wildman–Crippen MR) is 85.1 cm³/mol. The van der Waals surface area contributed by atoms with Crippen LogP contribution in [-0.4, -0.2) is 62.0 Å². The zero-order valence-corrected chi connectivity index (χ0v) is 13.3. The van der Waals surface area contributed by atoms with E-state index >= 15 is 0 Å². The first kappa shape index (κ1) is 16.0. The summed E-state index contributed by atoms with van der Waals surface area (Å²) in [4.78, 5) is 16.9. The largest absolute Gasteiger partial charge is 0.494 e. The summed E-state index contributed by atoms with van der Waals surface area (Å²) in [6, 6.07) is 8.03. The van der Waals surface area contributed by atoms with Crippen LogP contribution >= 0.6 is 0 Å². The average Bonchev–Trinajstić information content (AvgIpc) is 2.48. The second-order valence-electron chi connectivity index (χ2n) is 5.88. The first-order valence-electron chi connectivity index (χ1n) is 7.75. The summed E-state index contributed by atoms with van der Waals surface area (Å²) in [5.41, 5.74) is 0.769. The summed E-state index contributed by atoms with van der Waals surface area (Å²) in [7, 11) is 4.23. The molecule has 0 spiro atoms. The van der Waals surface area contributed by atoms with Gasteiger partial charge in [0, 0.05) is 18.2 Å². The Morgan fingerprint density at radius 2 is 2.05 bits per heavy atom. The van der Waals surface area contributed by atoms with Gasteiger partial charge in [0.25, 0.3) is 0 Å². The van der Waals surface area contributed by atoms with Gasteiger partial charge in [0.2, 0.25) is 0 Å². The van der Waals surface area contributed by atoms with Crippen molar-refractivity contribution in [2.24, 2.45) is 0 Å². The number of benzene rings is 1. The molecule has 0 aliphatic carbocycles. The molecule has 0 saturated carbocycles. The van der Waals surface area contributed by atoms with Crippen molar-refractivity contribution in [2.45, 2.75) is 25.8 Å². The monoisotopic (exact) mass is 290 g/mol.